The molecule has 1 aromatic carbocycles. The number of hydrogen-bond donors (Lipinski definition) is 2. The Morgan fingerprint density at radius 3 is 2.64 bits per heavy atom. The number of rotatable bonds is 6. The van der Waals surface area contributed by atoms with Gasteiger partial charge < -0.3 is 25.0 Å². The van der Waals surface area contributed by atoms with E-state index in [4.69, 9.17) is 9.47 Å². The highest BCUT2D eigenvalue weighted by molar-refractivity contribution is 7.89. The van der Waals surface area contributed by atoms with E-state index >= 15 is 0 Å². The fourth-order valence-electron chi connectivity index (χ4n) is 5.59. The van der Waals surface area contributed by atoms with Crippen molar-refractivity contribution >= 4 is 39.2 Å². The lowest BCUT2D eigenvalue weighted by atomic mass is 10.0. The number of benzene rings is 1. The lowest BCUT2D eigenvalue weighted by Crippen LogP contribution is -2.45. The van der Waals surface area contributed by atoms with Gasteiger partial charge in [0.15, 0.2) is 16.1 Å². The molecule has 1 atom stereocenters. The summed E-state index contributed by atoms with van der Waals surface area (Å²) in [6.07, 6.45) is 7.28. The molecule has 6 rings (SSSR count). The minimum Gasteiger partial charge on any atom is -0.474 e. The van der Waals surface area contributed by atoms with Gasteiger partial charge in [-0.25, -0.2) is 23.2 Å². The predicted octanol–water partition coefficient (Wildman–Crippen LogP) is 4.17. The van der Waals surface area contributed by atoms with Crippen LogP contribution < -0.4 is 25.2 Å². The van der Waals surface area contributed by atoms with Crippen molar-refractivity contribution in [2.24, 2.45) is 4.99 Å². The quantitative estimate of drug-likeness (QED) is 0.507. The topological polar surface area (TPSA) is 125 Å². The van der Waals surface area contributed by atoms with Crippen molar-refractivity contribution in [3.05, 3.63) is 52.9 Å². The molecule has 0 spiro atoms. The van der Waals surface area contributed by atoms with Gasteiger partial charge in [0.05, 0.1) is 30.7 Å². The first-order valence-electron chi connectivity index (χ1n) is 14.4. The molecule has 1 aromatic heterocycles. The summed E-state index contributed by atoms with van der Waals surface area (Å²) in [6, 6.07) is 7.37. The highest BCUT2D eigenvalue weighted by Crippen LogP contribution is 2.52. The second-order valence-electron chi connectivity index (χ2n) is 12.4. The summed E-state index contributed by atoms with van der Waals surface area (Å²) in [5.74, 6) is 0.852. The van der Waals surface area contributed by atoms with E-state index in [1.807, 2.05) is 57.4 Å². The van der Waals surface area contributed by atoms with E-state index in [0.29, 0.717) is 31.5 Å². The lowest BCUT2D eigenvalue weighted by Gasteiger charge is -2.38. The molecule has 12 heteroatoms. The average molecular weight is 595 g/mol. The molecule has 1 amide bonds. The maximum atomic E-state index is 13.3. The fraction of sp³-hybridized carbons (Fsp3) is 0.500. The SMILES string of the molecule is CC(C)(C)OC(=O)N1CCOc2ncc(N3CCC4=C(C3)NC(Nc3ccc(CS(C)(=O)=O)cc3)N=C4)c(C3CC3)c21. The van der Waals surface area contributed by atoms with Gasteiger partial charge in [0, 0.05) is 36.0 Å². The van der Waals surface area contributed by atoms with Gasteiger partial charge in [0.1, 0.15) is 17.9 Å². The van der Waals surface area contributed by atoms with Gasteiger partial charge in [-0.05, 0) is 69.2 Å². The third kappa shape index (κ3) is 6.33. The van der Waals surface area contributed by atoms with Crippen molar-refractivity contribution in [1.82, 2.24) is 10.3 Å². The summed E-state index contributed by atoms with van der Waals surface area (Å²) in [5, 5.41) is 6.92. The Labute approximate surface area is 246 Å². The van der Waals surface area contributed by atoms with E-state index < -0.39 is 15.4 Å². The van der Waals surface area contributed by atoms with Crippen LogP contribution in [0.1, 0.15) is 57.1 Å². The number of pyridine rings is 1. The highest BCUT2D eigenvalue weighted by atomic mass is 32.2. The Morgan fingerprint density at radius 2 is 1.95 bits per heavy atom. The molecule has 2 N–H and O–H groups in total. The molecule has 224 valence electrons. The van der Waals surface area contributed by atoms with Gasteiger partial charge in [0.25, 0.3) is 0 Å². The molecular weight excluding hydrogens is 556 g/mol. The molecule has 1 unspecified atom stereocenters. The molecule has 4 heterocycles. The van der Waals surface area contributed by atoms with Gasteiger partial charge in [0.2, 0.25) is 5.88 Å². The van der Waals surface area contributed by atoms with Gasteiger partial charge in [-0.2, -0.15) is 0 Å². The standard InChI is InChI=1S/C30H38N6O5S/c1-30(2,3)41-29(37)36-13-14-40-27-26(36)25(20-7-8-20)24(16-31-27)35-12-11-21-15-32-28(34-23(21)17-35)33-22-9-5-19(6-10-22)18-42(4,38)39/h5-6,9-10,15-16,20,28,33-34H,7-8,11-14,17-18H2,1-4H3. The first kappa shape index (κ1) is 28.3. The first-order chi connectivity index (χ1) is 19.9. The van der Waals surface area contributed by atoms with E-state index in [2.05, 4.69) is 25.5 Å². The maximum Gasteiger partial charge on any atom is 0.415 e. The van der Waals surface area contributed by atoms with Crippen LogP contribution in [0.2, 0.25) is 0 Å². The molecule has 0 radical (unpaired) electrons. The summed E-state index contributed by atoms with van der Waals surface area (Å²) < 4.78 is 34.9. The Kier molecular flexibility index (Phi) is 7.28. The Hall–Kier alpha value is -3.80. The number of hydrogen-bond acceptors (Lipinski definition) is 10. The molecule has 1 aliphatic carbocycles. The van der Waals surface area contributed by atoms with Crippen LogP contribution in [0.5, 0.6) is 5.88 Å². The Bertz CT molecular complexity index is 1540. The Balaban J connectivity index is 1.21. The van der Waals surface area contributed by atoms with Gasteiger partial charge in [-0.3, -0.25) is 4.90 Å². The van der Waals surface area contributed by atoms with Crippen LogP contribution in [0.3, 0.4) is 0 Å². The summed E-state index contributed by atoms with van der Waals surface area (Å²) in [5.41, 5.74) is 6.13. The van der Waals surface area contributed by atoms with Crippen molar-refractivity contribution in [2.45, 2.75) is 63.6 Å². The molecule has 11 nitrogen and oxygen atoms in total. The van der Waals surface area contributed by atoms with E-state index in [9.17, 15) is 13.2 Å². The second-order valence-corrected chi connectivity index (χ2v) is 14.5. The molecule has 0 saturated heterocycles. The number of sulfone groups is 1. The van der Waals surface area contributed by atoms with Crippen molar-refractivity contribution in [1.29, 1.82) is 0 Å². The van der Waals surface area contributed by atoms with Gasteiger partial charge in [-0.1, -0.05) is 12.1 Å². The number of aromatic nitrogens is 1. The molecule has 4 aliphatic rings. The number of nitrogens with zero attached hydrogens (tertiary/aromatic N) is 4. The second kappa shape index (κ2) is 10.8. The van der Waals surface area contributed by atoms with Crippen molar-refractivity contribution in [2.75, 3.05) is 47.6 Å². The number of fused-ring (bicyclic) bond motifs is 1. The number of anilines is 3. The van der Waals surface area contributed by atoms with Crippen LogP contribution in [0.25, 0.3) is 0 Å². The van der Waals surface area contributed by atoms with Crippen LogP contribution in [-0.4, -0.2) is 70.1 Å². The minimum absolute atomic E-state index is 0.0151. The molecule has 1 fully saturated rings. The molecule has 42 heavy (non-hydrogen) atoms. The zero-order valence-corrected chi connectivity index (χ0v) is 25.3. The largest absolute Gasteiger partial charge is 0.474 e. The van der Waals surface area contributed by atoms with E-state index in [1.165, 1.54) is 11.8 Å². The minimum atomic E-state index is -3.09. The molecule has 1 saturated carbocycles. The summed E-state index contributed by atoms with van der Waals surface area (Å²) in [7, 11) is -3.09. The number of nitrogens with one attached hydrogen (secondary N) is 2. The number of aliphatic imine (C=N–C) groups is 1. The summed E-state index contributed by atoms with van der Waals surface area (Å²) in [4.78, 5) is 26.6. The number of ether oxygens (including phenoxy) is 2. The molecule has 3 aliphatic heterocycles. The Morgan fingerprint density at radius 1 is 1.19 bits per heavy atom. The van der Waals surface area contributed by atoms with E-state index in [0.717, 1.165) is 59.7 Å². The zero-order valence-electron chi connectivity index (χ0n) is 24.5. The third-order valence-electron chi connectivity index (χ3n) is 7.57. The normalized spacial score (nSPS) is 20.3. The monoisotopic (exact) mass is 594 g/mol. The molecule has 0 bridgehead atoms. The summed E-state index contributed by atoms with van der Waals surface area (Å²) in [6.45, 7) is 7.87. The third-order valence-corrected chi connectivity index (χ3v) is 8.42. The van der Waals surface area contributed by atoms with Crippen LogP contribution in [0.4, 0.5) is 21.9 Å². The smallest absolute Gasteiger partial charge is 0.415 e. The molecule has 2 aromatic rings. The zero-order chi connectivity index (χ0) is 29.6. The number of carbonyl (C=O) groups excluding carboxylic acids is 1. The lowest BCUT2D eigenvalue weighted by molar-refractivity contribution is 0.0566. The van der Waals surface area contributed by atoms with Crippen LogP contribution in [0.15, 0.2) is 46.7 Å². The highest BCUT2D eigenvalue weighted by Gasteiger charge is 2.39. The fourth-order valence-corrected chi connectivity index (χ4v) is 6.39. The van der Waals surface area contributed by atoms with Gasteiger partial charge in [-0.15, -0.1) is 0 Å². The summed E-state index contributed by atoms with van der Waals surface area (Å²) >= 11 is 0. The van der Waals surface area contributed by atoms with Crippen LogP contribution in [-0.2, 0) is 20.3 Å². The molecular formula is C30H38N6O5S. The average Bonchev–Trinajstić information content (AvgIpc) is 3.76. The van der Waals surface area contributed by atoms with Crippen LogP contribution in [0, 0.1) is 0 Å². The van der Waals surface area contributed by atoms with Gasteiger partial charge >= 0.3 is 6.09 Å². The number of amides is 1. The van der Waals surface area contributed by atoms with Crippen molar-refractivity contribution in [3.63, 3.8) is 0 Å². The van der Waals surface area contributed by atoms with Crippen molar-refractivity contribution < 1.29 is 22.7 Å². The van der Waals surface area contributed by atoms with Crippen LogP contribution >= 0.6 is 0 Å². The van der Waals surface area contributed by atoms with E-state index in [-0.39, 0.29) is 18.1 Å². The van der Waals surface area contributed by atoms with E-state index in [1.54, 1.807) is 4.90 Å². The van der Waals surface area contributed by atoms with Crippen molar-refractivity contribution in [3.8, 4) is 5.88 Å². The first-order valence-corrected chi connectivity index (χ1v) is 16.5. The number of carbonyl (C=O) groups is 1. The predicted molar refractivity (Wildman–Crippen MR) is 163 cm³/mol. The maximum absolute atomic E-state index is 13.3.